The number of hydrogen-bond acceptors (Lipinski definition) is 3. The summed E-state index contributed by atoms with van der Waals surface area (Å²) in [7, 11) is 0. The first-order valence-corrected chi connectivity index (χ1v) is 4.59. The Morgan fingerprint density at radius 3 is 2.20 bits per heavy atom. The molecule has 0 spiro atoms. The van der Waals surface area contributed by atoms with Crippen LogP contribution in [0.2, 0.25) is 0 Å². The zero-order chi connectivity index (χ0) is 11.7. The lowest BCUT2D eigenvalue weighted by atomic mass is 9.98. The van der Waals surface area contributed by atoms with Crippen molar-refractivity contribution in [3.05, 3.63) is 0 Å². The smallest absolute Gasteiger partial charge is 0.401 e. The van der Waals surface area contributed by atoms with E-state index in [2.05, 4.69) is 4.74 Å². The van der Waals surface area contributed by atoms with Gasteiger partial charge in [0.1, 0.15) is 11.8 Å². The molecule has 0 amide bonds. The molecular weight excluding hydrogens is 213 g/mol. The molecule has 0 saturated heterocycles. The second-order valence-corrected chi connectivity index (χ2v) is 3.48. The fourth-order valence-corrected chi connectivity index (χ4v) is 1.36. The molecule has 0 atom stereocenters. The van der Waals surface area contributed by atoms with Gasteiger partial charge in [0.15, 0.2) is 5.78 Å². The molecule has 0 radical (unpaired) electrons. The molecule has 0 aromatic rings. The SMILES string of the molecule is CCOC(=O)CC(=O)C1(C(F)(F)F)CC1. The van der Waals surface area contributed by atoms with Crippen molar-refractivity contribution >= 4 is 11.8 Å². The van der Waals surface area contributed by atoms with Crippen molar-refractivity contribution in [1.29, 1.82) is 0 Å². The summed E-state index contributed by atoms with van der Waals surface area (Å²) >= 11 is 0. The number of ether oxygens (including phenoxy) is 1. The van der Waals surface area contributed by atoms with E-state index < -0.39 is 29.8 Å². The Hall–Kier alpha value is -1.07. The zero-order valence-corrected chi connectivity index (χ0v) is 8.19. The molecule has 0 heterocycles. The number of hydrogen-bond donors (Lipinski definition) is 0. The molecular formula is C9H11F3O3. The summed E-state index contributed by atoms with van der Waals surface area (Å²) in [5.41, 5.74) is -2.26. The Bertz CT molecular complexity index is 279. The Morgan fingerprint density at radius 1 is 1.33 bits per heavy atom. The monoisotopic (exact) mass is 224 g/mol. The van der Waals surface area contributed by atoms with Crippen LogP contribution in [0, 0.1) is 5.41 Å². The van der Waals surface area contributed by atoms with Gasteiger partial charge >= 0.3 is 12.1 Å². The number of carbonyl (C=O) groups is 2. The molecule has 1 rings (SSSR count). The number of rotatable bonds is 4. The molecule has 0 aromatic heterocycles. The normalized spacial score (nSPS) is 18.4. The highest BCUT2D eigenvalue weighted by atomic mass is 19.4. The predicted molar refractivity (Wildman–Crippen MR) is 44.0 cm³/mol. The van der Waals surface area contributed by atoms with Crippen LogP contribution in [0.1, 0.15) is 26.2 Å². The number of alkyl halides is 3. The molecule has 0 N–H and O–H groups in total. The van der Waals surface area contributed by atoms with E-state index in [1.807, 2.05) is 0 Å². The summed E-state index contributed by atoms with van der Waals surface area (Å²) in [4.78, 5) is 22.1. The van der Waals surface area contributed by atoms with Gasteiger partial charge in [0, 0.05) is 0 Å². The van der Waals surface area contributed by atoms with Crippen LogP contribution in [0.5, 0.6) is 0 Å². The fourth-order valence-electron chi connectivity index (χ4n) is 1.36. The lowest BCUT2D eigenvalue weighted by molar-refractivity contribution is -0.191. The van der Waals surface area contributed by atoms with E-state index >= 15 is 0 Å². The highest BCUT2D eigenvalue weighted by molar-refractivity contribution is 6.00. The number of ketones is 1. The first-order valence-electron chi connectivity index (χ1n) is 4.59. The van der Waals surface area contributed by atoms with Crippen molar-refractivity contribution in [2.75, 3.05) is 6.61 Å². The van der Waals surface area contributed by atoms with E-state index in [1.165, 1.54) is 6.92 Å². The van der Waals surface area contributed by atoms with Gasteiger partial charge in [-0.3, -0.25) is 9.59 Å². The van der Waals surface area contributed by atoms with Gasteiger partial charge in [-0.05, 0) is 19.8 Å². The Morgan fingerprint density at radius 2 is 1.87 bits per heavy atom. The minimum absolute atomic E-state index is 0.0606. The first-order chi connectivity index (χ1) is 6.83. The topological polar surface area (TPSA) is 43.4 Å². The quantitative estimate of drug-likeness (QED) is 0.540. The van der Waals surface area contributed by atoms with Crippen LogP contribution < -0.4 is 0 Å². The van der Waals surface area contributed by atoms with Crippen LogP contribution in [-0.2, 0) is 14.3 Å². The minimum atomic E-state index is -4.55. The maximum absolute atomic E-state index is 12.4. The summed E-state index contributed by atoms with van der Waals surface area (Å²) in [6.07, 6.45) is -5.76. The Kier molecular flexibility index (Phi) is 3.06. The number of halogens is 3. The maximum Gasteiger partial charge on any atom is 0.401 e. The molecule has 3 nitrogen and oxygen atoms in total. The van der Waals surface area contributed by atoms with Gasteiger partial charge in [-0.2, -0.15) is 13.2 Å². The van der Waals surface area contributed by atoms with E-state index in [1.54, 1.807) is 0 Å². The lowest BCUT2D eigenvalue weighted by Crippen LogP contribution is -2.34. The van der Waals surface area contributed by atoms with Gasteiger partial charge in [-0.15, -0.1) is 0 Å². The van der Waals surface area contributed by atoms with Gasteiger partial charge in [0.25, 0.3) is 0 Å². The molecule has 1 aliphatic rings. The van der Waals surface area contributed by atoms with Gasteiger partial charge < -0.3 is 4.74 Å². The lowest BCUT2D eigenvalue weighted by Gasteiger charge is -2.16. The van der Waals surface area contributed by atoms with Gasteiger partial charge in [0.05, 0.1) is 6.61 Å². The van der Waals surface area contributed by atoms with Crippen LogP contribution >= 0.6 is 0 Å². The van der Waals surface area contributed by atoms with Crippen molar-refractivity contribution in [3.63, 3.8) is 0 Å². The van der Waals surface area contributed by atoms with E-state index in [-0.39, 0.29) is 19.4 Å². The van der Waals surface area contributed by atoms with E-state index in [9.17, 15) is 22.8 Å². The largest absolute Gasteiger partial charge is 0.466 e. The molecule has 0 bridgehead atoms. The molecule has 86 valence electrons. The average molecular weight is 224 g/mol. The molecule has 1 aliphatic carbocycles. The summed E-state index contributed by atoms with van der Waals surface area (Å²) in [5, 5.41) is 0. The third kappa shape index (κ3) is 2.30. The van der Waals surface area contributed by atoms with Crippen molar-refractivity contribution in [1.82, 2.24) is 0 Å². The van der Waals surface area contributed by atoms with Gasteiger partial charge in [0.2, 0.25) is 0 Å². The summed E-state index contributed by atoms with van der Waals surface area (Å²) in [6, 6.07) is 0. The maximum atomic E-state index is 12.4. The van der Waals surface area contributed by atoms with Crippen LogP contribution in [0.25, 0.3) is 0 Å². The predicted octanol–water partition coefficient (Wildman–Crippen LogP) is 1.85. The molecule has 15 heavy (non-hydrogen) atoms. The van der Waals surface area contributed by atoms with Crippen molar-refractivity contribution in [3.8, 4) is 0 Å². The van der Waals surface area contributed by atoms with E-state index in [0.717, 1.165) is 0 Å². The summed E-state index contributed by atoms with van der Waals surface area (Å²) < 4.78 is 41.6. The average Bonchev–Trinajstić information content (AvgIpc) is 2.81. The first kappa shape index (κ1) is 12.0. The number of esters is 1. The van der Waals surface area contributed by atoms with E-state index in [0.29, 0.717) is 0 Å². The molecule has 0 aromatic carbocycles. The Balaban J connectivity index is 2.59. The van der Waals surface area contributed by atoms with Crippen LogP contribution in [0.15, 0.2) is 0 Å². The van der Waals surface area contributed by atoms with Gasteiger partial charge in [-0.25, -0.2) is 0 Å². The number of Topliss-reactive ketones (excluding diaryl/α,β-unsaturated/α-hetero) is 1. The summed E-state index contributed by atoms with van der Waals surface area (Å²) in [5.74, 6) is -1.97. The second-order valence-electron chi connectivity index (χ2n) is 3.48. The van der Waals surface area contributed by atoms with E-state index in [4.69, 9.17) is 0 Å². The second kappa shape index (κ2) is 3.83. The zero-order valence-electron chi connectivity index (χ0n) is 8.19. The van der Waals surface area contributed by atoms with Crippen LogP contribution in [0.3, 0.4) is 0 Å². The van der Waals surface area contributed by atoms with Crippen molar-refractivity contribution < 1.29 is 27.5 Å². The highest BCUT2D eigenvalue weighted by Gasteiger charge is 2.67. The summed E-state index contributed by atoms with van der Waals surface area (Å²) in [6.45, 7) is 1.59. The molecule has 1 fully saturated rings. The fraction of sp³-hybridized carbons (Fsp3) is 0.778. The molecule has 0 aliphatic heterocycles. The molecule has 0 unspecified atom stereocenters. The standard InChI is InChI=1S/C9H11F3O3/c1-2-15-7(14)5-6(13)8(3-4-8)9(10,11)12/h2-5H2,1H3. The van der Waals surface area contributed by atoms with Crippen molar-refractivity contribution in [2.24, 2.45) is 5.41 Å². The molecule has 6 heteroatoms. The Labute approximate surface area is 84.6 Å². The van der Waals surface area contributed by atoms with Crippen molar-refractivity contribution in [2.45, 2.75) is 32.4 Å². The third-order valence-corrected chi connectivity index (χ3v) is 2.44. The van der Waals surface area contributed by atoms with Crippen LogP contribution in [0.4, 0.5) is 13.2 Å². The third-order valence-electron chi connectivity index (χ3n) is 2.44. The van der Waals surface area contributed by atoms with Crippen LogP contribution in [-0.4, -0.2) is 24.5 Å². The van der Waals surface area contributed by atoms with Gasteiger partial charge in [-0.1, -0.05) is 0 Å². The highest BCUT2D eigenvalue weighted by Crippen LogP contribution is 2.58. The molecule has 1 saturated carbocycles. The number of carbonyl (C=O) groups excluding carboxylic acids is 2. The minimum Gasteiger partial charge on any atom is -0.466 e.